The van der Waals surface area contributed by atoms with Crippen molar-refractivity contribution in [3.63, 3.8) is 0 Å². The number of nitrogens with one attached hydrogen (secondary N) is 2. The topological polar surface area (TPSA) is 138 Å². The molecular formula is C13H20N4O4. The van der Waals surface area contributed by atoms with Crippen molar-refractivity contribution in [2.24, 2.45) is 5.73 Å². The number of amides is 1. The van der Waals surface area contributed by atoms with Gasteiger partial charge in [-0.25, -0.2) is 9.78 Å². The maximum absolute atomic E-state index is 11.4. The fourth-order valence-corrected chi connectivity index (χ4v) is 1.04. The monoisotopic (exact) mass is 296 g/mol. The summed E-state index contributed by atoms with van der Waals surface area (Å²) < 4.78 is 5.06. The fourth-order valence-electron chi connectivity index (χ4n) is 1.04. The van der Waals surface area contributed by atoms with E-state index in [1.54, 1.807) is 32.9 Å². The van der Waals surface area contributed by atoms with Gasteiger partial charge in [-0.3, -0.25) is 15.5 Å². The van der Waals surface area contributed by atoms with Crippen LogP contribution in [0.1, 0.15) is 33.3 Å². The molecule has 0 aromatic carbocycles. The van der Waals surface area contributed by atoms with Crippen molar-refractivity contribution in [1.82, 2.24) is 4.98 Å². The number of amidine groups is 1. The zero-order chi connectivity index (χ0) is 16.6. The molecule has 0 aliphatic carbocycles. The number of nitrogens with two attached hydrogens (primary N) is 1. The summed E-state index contributed by atoms with van der Waals surface area (Å²) in [6.45, 7) is 6.41. The van der Waals surface area contributed by atoms with E-state index in [0.717, 1.165) is 6.92 Å². The van der Waals surface area contributed by atoms with Gasteiger partial charge in [-0.05, 0) is 32.9 Å². The number of aromatic nitrogens is 1. The van der Waals surface area contributed by atoms with Gasteiger partial charge in [0.05, 0.1) is 0 Å². The van der Waals surface area contributed by atoms with Crippen LogP contribution in [0, 0.1) is 5.41 Å². The molecule has 1 amide bonds. The van der Waals surface area contributed by atoms with E-state index >= 15 is 0 Å². The molecule has 0 unspecified atom stereocenters. The molecule has 0 fully saturated rings. The van der Waals surface area contributed by atoms with Crippen molar-refractivity contribution in [2.75, 3.05) is 5.32 Å². The number of nitrogen functional groups attached to an aromatic ring is 1. The third kappa shape index (κ3) is 9.88. The Hall–Kier alpha value is -2.64. The molecule has 116 valence electrons. The Morgan fingerprint density at radius 3 is 2.24 bits per heavy atom. The molecule has 1 aromatic heterocycles. The molecule has 5 N–H and O–H groups in total. The summed E-state index contributed by atoms with van der Waals surface area (Å²) in [5, 5.41) is 17.1. The third-order valence-corrected chi connectivity index (χ3v) is 1.70. The van der Waals surface area contributed by atoms with E-state index in [0.29, 0.717) is 11.4 Å². The molecule has 21 heavy (non-hydrogen) atoms. The molecule has 0 aliphatic heterocycles. The summed E-state index contributed by atoms with van der Waals surface area (Å²) in [6.07, 6.45) is 0.843. The zero-order valence-corrected chi connectivity index (χ0v) is 12.4. The van der Waals surface area contributed by atoms with E-state index in [-0.39, 0.29) is 5.84 Å². The molecule has 8 nitrogen and oxygen atoms in total. The van der Waals surface area contributed by atoms with Gasteiger partial charge in [0.25, 0.3) is 5.97 Å². The Kier molecular flexibility index (Phi) is 6.85. The molecular weight excluding hydrogens is 276 g/mol. The van der Waals surface area contributed by atoms with Gasteiger partial charge in [0, 0.05) is 18.7 Å². The Labute approximate surface area is 122 Å². The van der Waals surface area contributed by atoms with Crippen LogP contribution in [0.25, 0.3) is 0 Å². The maximum Gasteiger partial charge on any atom is 0.413 e. The number of rotatable bonds is 2. The molecule has 1 aromatic rings. The van der Waals surface area contributed by atoms with Crippen molar-refractivity contribution in [2.45, 2.75) is 33.3 Å². The van der Waals surface area contributed by atoms with Crippen LogP contribution in [0.2, 0.25) is 0 Å². The van der Waals surface area contributed by atoms with Crippen LogP contribution >= 0.6 is 0 Å². The molecule has 0 bridgehead atoms. The highest BCUT2D eigenvalue weighted by molar-refractivity contribution is 5.95. The number of anilines is 1. The quantitative estimate of drug-likeness (QED) is 0.485. The number of carbonyl (C=O) groups excluding carboxylic acids is 1. The molecule has 0 aliphatic rings. The standard InChI is InChI=1S/C11H16N4O2.C2H4O2/c1-11(2,3)17-10(16)15-8-5-4-7(6-14-8)9(12)13;1-2(3)4/h4-6H,1-3H3,(H3,12,13)(H,14,15,16);1H3,(H,3,4). The van der Waals surface area contributed by atoms with Crippen LogP contribution in [0.15, 0.2) is 18.3 Å². The Balaban J connectivity index is 0.000000885. The minimum atomic E-state index is -0.833. The second-order valence-corrected chi connectivity index (χ2v) is 4.99. The molecule has 0 saturated heterocycles. The largest absolute Gasteiger partial charge is 0.481 e. The van der Waals surface area contributed by atoms with Crippen molar-refractivity contribution in [3.8, 4) is 0 Å². The summed E-state index contributed by atoms with van der Waals surface area (Å²) in [5.41, 5.74) is 5.23. The van der Waals surface area contributed by atoms with E-state index in [2.05, 4.69) is 10.3 Å². The number of carbonyl (C=O) groups is 2. The third-order valence-electron chi connectivity index (χ3n) is 1.70. The average molecular weight is 296 g/mol. The molecule has 0 spiro atoms. The first-order valence-corrected chi connectivity index (χ1v) is 6.01. The van der Waals surface area contributed by atoms with Gasteiger partial charge < -0.3 is 15.6 Å². The van der Waals surface area contributed by atoms with E-state index in [9.17, 15) is 4.79 Å². The van der Waals surface area contributed by atoms with Crippen LogP contribution in [-0.2, 0) is 9.53 Å². The number of hydrogen-bond donors (Lipinski definition) is 4. The molecule has 0 atom stereocenters. The molecule has 8 heteroatoms. The average Bonchev–Trinajstić information content (AvgIpc) is 2.25. The first kappa shape index (κ1) is 18.4. The highest BCUT2D eigenvalue weighted by atomic mass is 16.6. The summed E-state index contributed by atoms with van der Waals surface area (Å²) in [4.78, 5) is 24.3. The number of nitrogens with zero attached hydrogens (tertiary/aromatic N) is 1. The van der Waals surface area contributed by atoms with E-state index in [1.807, 2.05) is 0 Å². The SMILES string of the molecule is CC(=O)O.CC(C)(C)OC(=O)Nc1ccc(C(=N)N)cn1. The number of hydrogen-bond acceptors (Lipinski definition) is 5. The van der Waals surface area contributed by atoms with E-state index in [1.165, 1.54) is 6.20 Å². The lowest BCUT2D eigenvalue weighted by molar-refractivity contribution is -0.134. The lowest BCUT2D eigenvalue weighted by Crippen LogP contribution is -2.27. The van der Waals surface area contributed by atoms with Crippen LogP contribution < -0.4 is 11.1 Å². The van der Waals surface area contributed by atoms with E-state index < -0.39 is 17.7 Å². The van der Waals surface area contributed by atoms with Crippen LogP contribution in [0.5, 0.6) is 0 Å². The Morgan fingerprint density at radius 1 is 1.38 bits per heavy atom. The van der Waals surface area contributed by atoms with E-state index in [4.69, 9.17) is 25.8 Å². The van der Waals surface area contributed by atoms with Gasteiger partial charge in [0.15, 0.2) is 0 Å². The highest BCUT2D eigenvalue weighted by Crippen LogP contribution is 2.10. The fraction of sp³-hybridized carbons (Fsp3) is 0.385. The number of ether oxygens (including phenoxy) is 1. The predicted molar refractivity (Wildman–Crippen MR) is 78.4 cm³/mol. The summed E-state index contributed by atoms with van der Waals surface area (Å²) in [7, 11) is 0. The van der Waals surface area contributed by atoms with Gasteiger partial charge in [-0.15, -0.1) is 0 Å². The zero-order valence-electron chi connectivity index (χ0n) is 12.4. The number of carboxylic acids is 1. The van der Waals surface area contributed by atoms with Crippen molar-refractivity contribution in [1.29, 1.82) is 5.41 Å². The van der Waals surface area contributed by atoms with Gasteiger partial charge in [0.1, 0.15) is 17.3 Å². The van der Waals surface area contributed by atoms with Gasteiger partial charge in [-0.2, -0.15) is 0 Å². The second-order valence-electron chi connectivity index (χ2n) is 4.99. The van der Waals surface area contributed by atoms with Crippen molar-refractivity contribution in [3.05, 3.63) is 23.9 Å². The minimum absolute atomic E-state index is 0.0682. The van der Waals surface area contributed by atoms with Crippen molar-refractivity contribution < 1.29 is 19.4 Å². The summed E-state index contributed by atoms with van der Waals surface area (Å²) in [5.74, 6) is -0.550. The smallest absolute Gasteiger partial charge is 0.413 e. The normalized spacial score (nSPS) is 9.90. The minimum Gasteiger partial charge on any atom is -0.481 e. The van der Waals surface area contributed by atoms with Crippen LogP contribution in [-0.4, -0.2) is 33.6 Å². The highest BCUT2D eigenvalue weighted by Gasteiger charge is 2.16. The lowest BCUT2D eigenvalue weighted by atomic mass is 10.2. The number of pyridine rings is 1. The molecule has 0 saturated carbocycles. The van der Waals surface area contributed by atoms with Crippen LogP contribution in [0.4, 0.5) is 10.6 Å². The maximum atomic E-state index is 11.4. The molecule has 1 heterocycles. The second kappa shape index (κ2) is 7.83. The van der Waals surface area contributed by atoms with Gasteiger partial charge >= 0.3 is 6.09 Å². The number of carboxylic acid groups (broad SMARTS) is 1. The van der Waals surface area contributed by atoms with Crippen LogP contribution in [0.3, 0.4) is 0 Å². The first-order valence-electron chi connectivity index (χ1n) is 6.01. The Morgan fingerprint density at radius 2 is 1.90 bits per heavy atom. The predicted octanol–water partition coefficient (Wildman–Crippen LogP) is 1.80. The lowest BCUT2D eigenvalue weighted by Gasteiger charge is -2.19. The summed E-state index contributed by atoms with van der Waals surface area (Å²) >= 11 is 0. The van der Waals surface area contributed by atoms with Gasteiger partial charge in [-0.1, -0.05) is 0 Å². The van der Waals surface area contributed by atoms with Crippen molar-refractivity contribution >= 4 is 23.7 Å². The Bertz CT molecular complexity index is 502. The molecule has 0 radical (unpaired) electrons. The number of aliphatic carboxylic acids is 1. The van der Waals surface area contributed by atoms with Gasteiger partial charge in [0.2, 0.25) is 0 Å². The molecule has 1 rings (SSSR count). The summed E-state index contributed by atoms with van der Waals surface area (Å²) in [6, 6.07) is 3.16. The first-order chi connectivity index (χ1) is 9.51.